The van der Waals surface area contributed by atoms with Crippen molar-refractivity contribution in [2.45, 2.75) is 40.5 Å². The van der Waals surface area contributed by atoms with E-state index < -0.39 is 0 Å². The molecule has 0 saturated heterocycles. The molecule has 1 heterocycles. The third-order valence-electron chi connectivity index (χ3n) is 4.83. The van der Waals surface area contributed by atoms with Crippen LogP contribution < -0.4 is 10.6 Å². The molecule has 160 valence electrons. The Morgan fingerprint density at radius 3 is 2.66 bits per heavy atom. The second-order valence-corrected chi connectivity index (χ2v) is 7.28. The molecule has 0 fully saturated rings. The summed E-state index contributed by atoms with van der Waals surface area (Å²) in [7, 11) is 3.49. The molecule has 0 aliphatic rings. The molecule has 0 aliphatic heterocycles. The van der Waals surface area contributed by atoms with Gasteiger partial charge in [-0.2, -0.15) is 5.10 Å². The van der Waals surface area contributed by atoms with E-state index in [-0.39, 0.29) is 0 Å². The molecule has 1 aromatic carbocycles. The lowest BCUT2D eigenvalue weighted by molar-refractivity contribution is 0.0931. The molecule has 0 spiro atoms. The number of benzene rings is 1. The van der Waals surface area contributed by atoms with Crippen LogP contribution in [0.25, 0.3) is 0 Å². The minimum atomic E-state index is 0.373. The average Bonchev–Trinajstić information content (AvgIpc) is 3.00. The SMILES string of the molecule is CN=C(NCc1c(C)nn(CCOC)c1C)NCC(C)COCc1ccccc1. The van der Waals surface area contributed by atoms with Crippen molar-refractivity contribution < 1.29 is 9.47 Å². The van der Waals surface area contributed by atoms with Gasteiger partial charge in [0.25, 0.3) is 0 Å². The van der Waals surface area contributed by atoms with Crippen molar-refractivity contribution in [2.75, 3.05) is 33.9 Å². The quantitative estimate of drug-likeness (QED) is 0.447. The largest absolute Gasteiger partial charge is 0.383 e. The predicted molar refractivity (Wildman–Crippen MR) is 117 cm³/mol. The molecule has 1 atom stereocenters. The molecule has 29 heavy (non-hydrogen) atoms. The van der Waals surface area contributed by atoms with Gasteiger partial charge in [-0.1, -0.05) is 37.3 Å². The molecule has 2 N–H and O–H groups in total. The van der Waals surface area contributed by atoms with E-state index in [9.17, 15) is 0 Å². The Balaban J connectivity index is 1.74. The summed E-state index contributed by atoms with van der Waals surface area (Å²) in [6.45, 7) is 10.5. The highest BCUT2D eigenvalue weighted by molar-refractivity contribution is 5.79. The Kier molecular flexibility index (Phi) is 9.67. The van der Waals surface area contributed by atoms with Crippen molar-refractivity contribution >= 4 is 5.96 Å². The Hall–Kier alpha value is -2.38. The number of aliphatic imine (C=N–C) groups is 1. The number of guanidine groups is 1. The van der Waals surface area contributed by atoms with Crippen molar-refractivity contribution in [2.24, 2.45) is 10.9 Å². The van der Waals surface area contributed by atoms with Gasteiger partial charge in [-0.25, -0.2) is 0 Å². The zero-order valence-electron chi connectivity index (χ0n) is 18.4. The van der Waals surface area contributed by atoms with Crippen molar-refractivity contribution in [3.8, 4) is 0 Å². The van der Waals surface area contributed by atoms with Crippen molar-refractivity contribution in [1.29, 1.82) is 0 Å². The van der Waals surface area contributed by atoms with Crippen LogP contribution >= 0.6 is 0 Å². The van der Waals surface area contributed by atoms with E-state index >= 15 is 0 Å². The fourth-order valence-electron chi connectivity index (χ4n) is 3.06. The van der Waals surface area contributed by atoms with Crippen LogP contribution in [0, 0.1) is 19.8 Å². The number of hydrogen-bond donors (Lipinski definition) is 2. The van der Waals surface area contributed by atoms with Crippen LogP contribution in [-0.2, 0) is 29.2 Å². The molecule has 0 bridgehead atoms. The molecule has 1 aromatic heterocycles. The van der Waals surface area contributed by atoms with Crippen LogP contribution in [-0.4, -0.2) is 49.7 Å². The topological polar surface area (TPSA) is 72.7 Å². The van der Waals surface area contributed by atoms with E-state index in [0.717, 1.165) is 30.4 Å². The fourth-order valence-corrected chi connectivity index (χ4v) is 3.06. The first-order valence-electron chi connectivity index (χ1n) is 10.1. The van der Waals surface area contributed by atoms with E-state index in [1.54, 1.807) is 14.2 Å². The minimum absolute atomic E-state index is 0.373. The molecular formula is C22H35N5O2. The van der Waals surface area contributed by atoms with Crippen LogP contribution in [0.1, 0.15) is 29.4 Å². The molecule has 2 rings (SSSR count). The maximum atomic E-state index is 5.82. The summed E-state index contributed by atoms with van der Waals surface area (Å²) < 4.78 is 13.0. The van der Waals surface area contributed by atoms with Crippen LogP contribution in [0.5, 0.6) is 0 Å². The molecular weight excluding hydrogens is 366 g/mol. The number of hydrogen-bond acceptors (Lipinski definition) is 4. The second kappa shape index (κ2) is 12.2. The zero-order chi connectivity index (χ0) is 21.1. The summed E-state index contributed by atoms with van der Waals surface area (Å²) >= 11 is 0. The number of nitrogens with one attached hydrogen (secondary N) is 2. The molecule has 7 heteroatoms. The van der Waals surface area contributed by atoms with Crippen LogP contribution in [0.15, 0.2) is 35.3 Å². The first-order valence-corrected chi connectivity index (χ1v) is 10.1. The monoisotopic (exact) mass is 401 g/mol. The lowest BCUT2D eigenvalue weighted by Crippen LogP contribution is -2.39. The summed E-state index contributed by atoms with van der Waals surface area (Å²) in [5.74, 6) is 1.15. The number of nitrogens with zero attached hydrogens (tertiary/aromatic N) is 3. The third-order valence-corrected chi connectivity index (χ3v) is 4.83. The van der Waals surface area contributed by atoms with Gasteiger partial charge in [0, 0.05) is 38.5 Å². The smallest absolute Gasteiger partial charge is 0.191 e. The predicted octanol–water partition coefficient (Wildman–Crippen LogP) is 2.66. The van der Waals surface area contributed by atoms with Gasteiger partial charge in [-0.15, -0.1) is 0 Å². The average molecular weight is 402 g/mol. The number of methoxy groups -OCH3 is 1. The Labute approximate surface area is 174 Å². The maximum absolute atomic E-state index is 5.82. The van der Waals surface area contributed by atoms with Crippen LogP contribution in [0.4, 0.5) is 0 Å². The summed E-state index contributed by atoms with van der Waals surface area (Å²) in [5.41, 5.74) is 4.58. The van der Waals surface area contributed by atoms with Crippen LogP contribution in [0.3, 0.4) is 0 Å². The van der Waals surface area contributed by atoms with Gasteiger partial charge in [-0.05, 0) is 25.3 Å². The summed E-state index contributed by atoms with van der Waals surface area (Å²) in [5, 5.41) is 11.4. The van der Waals surface area contributed by atoms with E-state index in [0.29, 0.717) is 32.3 Å². The summed E-state index contributed by atoms with van der Waals surface area (Å²) in [6.07, 6.45) is 0. The first kappa shape index (κ1) is 22.9. The highest BCUT2D eigenvalue weighted by Crippen LogP contribution is 2.12. The number of rotatable bonds is 11. The third kappa shape index (κ3) is 7.51. The van der Waals surface area contributed by atoms with E-state index in [2.05, 4.69) is 46.7 Å². The Bertz CT molecular complexity index is 758. The van der Waals surface area contributed by atoms with Gasteiger partial charge in [0.2, 0.25) is 0 Å². The van der Waals surface area contributed by atoms with Gasteiger partial charge in [-0.3, -0.25) is 9.67 Å². The molecule has 0 saturated carbocycles. The van der Waals surface area contributed by atoms with Crippen molar-refractivity contribution in [3.05, 3.63) is 52.8 Å². The standard InChI is InChI=1S/C22H35N5O2/c1-17(15-29-16-20-9-7-6-8-10-20)13-24-22(23-4)25-14-21-18(2)26-27(19(21)3)11-12-28-5/h6-10,17H,11-16H2,1-5H3,(H2,23,24,25). The van der Waals surface area contributed by atoms with Gasteiger partial charge >= 0.3 is 0 Å². The van der Waals surface area contributed by atoms with E-state index in [1.165, 1.54) is 11.1 Å². The van der Waals surface area contributed by atoms with Gasteiger partial charge in [0.15, 0.2) is 5.96 Å². The zero-order valence-corrected chi connectivity index (χ0v) is 18.4. The van der Waals surface area contributed by atoms with Crippen molar-refractivity contribution in [1.82, 2.24) is 20.4 Å². The Morgan fingerprint density at radius 1 is 1.21 bits per heavy atom. The summed E-state index contributed by atoms with van der Waals surface area (Å²) in [4.78, 5) is 4.33. The van der Waals surface area contributed by atoms with Crippen LogP contribution in [0.2, 0.25) is 0 Å². The molecule has 0 amide bonds. The minimum Gasteiger partial charge on any atom is -0.383 e. The van der Waals surface area contributed by atoms with Crippen molar-refractivity contribution in [3.63, 3.8) is 0 Å². The van der Waals surface area contributed by atoms with E-state index in [4.69, 9.17) is 9.47 Å². The lowest BCUT2D eigenvalue weighted by atomic mass is 10.2. The normalized spacial score (nSPS) is 12.8. The molecule has 1 unspecified atom stereocenters. The fraction of sp³-hybridized carbons (Fsp3) is 0.545. The highest BCUT2D eigenvalue weighted by Gasteiger charge is 2.12. The molecule has 7 nitrogen and oxygen atoms in total. The number of aromatic nitrogens is 2. The first-order chi connectivity index (χ1) is 14.0. The molecule has 0 aliphatic carbocycles. The lowest BCUT2D eigenvalue weighted by Gasteiger charge is -2.16. The molecule has 2 aromatic rings. The number of aryl methyl sites for hydroxylation is 1. The maximum Gasteiger partial charge on any atom is 0.191 e. The van der Waals surface area contributed by atoms with Gasteiger partial charge < -0.3 is 20.1 Å². The molecule has 0 radical (unpaired) electrons. The number of ether oxygens (including phenoxy) is 2. The van der Waals surface area contributed by atoms with Gasteiger partial charge in [0.05, 0.1) is 32.1 Å². The highest BCUT2D eigenvalue weighted by atomic mass is 16.5. The Morgan fingerprint density at radius 2 is 1.97 bits per heavy atom. The van der Waals surface area contributed by atoms with E-state index in [1.807, 2.05) is 29.8 Å². The van der Waals surface area contributed by atoms with Gasteiger partial charge in [0.1, 0.15) is 0 Å². The summed E-state index contributed by atoms with van der Waals surface area (Å²) in [6, 6.07) is 10.2. The second-order valence-electron chi connectivity index (χ2n) is 7.28.